The van der Waals surface area contributed by atoms with Crippen molar-refractivity contribution in [1.82, 2.24) is 9.97 Å². The minimum absolute atomic E-state index is 0.125. The number of anilines is 1. The SMILES string of the molecule is Cc1cc2cc(-c3csc4c(-c5ccc(CS(=O)O)cc5)cnc(N)c34)ccc2[nH]1. The lowest BCUT2D eigenvalue weighted by Crippen LogP contribution is -1.94. The molecule has 0 aliphatic rings. The summed E-state index contributed by atoms with van der Waals surface area (Å²) in [6, 6.07) is 16.2. The van der Waals surface area contributed by atoms with Gasteiger partial charge in [0.05, 0.1) is 5.75 Å². The highest BCUT2D eigenvalue weighted by atomic mass is 32.2. The Morgan fingerprint density at radius 1 is 1.10 bits per heavy atom. The largest absolute Gasteiger partial charge is 0.383 e. The Labute approximate surface area is 179 Å². The Hall–Kier alpha value is -3.00. The molecular weight excluding hydrogens is 414 g/mol. The number of nitrogen functional groups attached to an aromatic ring is 1. The van der Waals surface area contributed by atoms with E-state index in [-0.39, 0.29) is 5.75 Å². The van der Waals surface area contributed by atoms with E-state index in [9.17, 15) is 4.21 Å². The highest BCUT2D eigenvalue weighted by molar-refractivity contribution is 7.78. The number of pyridine rings is 1. The molecule has 0 saturated carbocycles. The maximum atomic E-state index is 11.0. The monoisotopic (exact) mass is 433 g/mol. The second-order valence-corrected chi connectivity index (χ2v) is 9.14. The first kappa shape index (κ1) is 19.0. The molecule has 5 aromatic rings. The van der Waals surface area contributed by atoms with Crippen LogP contribution in [-0.2, 0) is 16.8 Å². The highest BCUT2D eigenvalue weighted by Gasteiger charge is 2.16. The molecule has 1 unspecified atom stereocenters. The number of fused-ring (bicyclic) bond motifs is 2. The van der Waals surface area contributed by atoms with Crippen LogP contribution >= 0.6 is 11.3 Å². The molecule has 0 aliphatic carbocycles. The van der Waals surface area contributed by atoms with E-state index in [1.54, 1.807) is 17.5 Å². The van der Waals surface area contributed by atoms with Gasteiger partial charge < -0.3 is 15.3 Å². The predicted octanol–water partition coefficient (Wildman–Crippen LogP) is 5.72. The van der Waals surface area contributed by atoms with Gasteiger partial charge in [-0.3, -0.25) is 0 Å². The molecule has 0 amide bonds. The van der Waals surface area contributed by atoms with Gasteiger partial charge in [-0.05, 0) is 47.2 Å². The molecule has 2 aromatic carbocycles. The summed E-state index contributed by atoms with van der Waals surface area (Å²) in [5, 5.41) is 4.27. The second-order valence-electron chi connectivity index (χ2n) is 7.33. The third-order valence-corrected chi connectivity index (χ3v) is 6.84. The van der Waals surface area contributed by atoms with Crippen molar-refractivity contribution in [2.24, 2.45) is 0 Å². The van der Waals surface area contributed by atoms with Crippen LogP contribution in [0.4, 0.5) is 5.82 Å². The zero-order valence-electron chi connectivity index (χ0n) is 16.2. The quantitative estimate of drug-likeness (QED) is 0.316. The summed E-state index contributed by atoms with van der Waals surface area (Å²) in [5.74, 6) is 0.641. The van der Waals surface area contributed by atoms with E-state index in [4.69, 9.17) is 10.3 Å². The number of nitrogens with one attached hydrogen (secondary N) is 1. The molecule has 3 heterocycles. The maximum Gasteiger partial charge on any atom is 0.157 e. The van der Waals surface area contributed by atoms with Gasteiger partial charge >= 0.3 is 0 Å². The van der Waals surface area contributed by atoms with Crippen LogP contribution in [0.25, 0.3) is 43.2 Å². The van der Waals surface area contributed by atoms with Crippen LogP contribution in [0.5, 0.6) is 0 Å². The van der Waals surface area contributed by atoms with Crippen molar-refractivity contribution in [3.05, 3.63) is 71.4 Å². The van der Waals surface area contributed by atoms with Crippen molar-refractivity contribution in [2.45, 2.75) is 12.7 Å². The minimum Gasteiger partial charge on any atom is -0.383 e. The fourth-order valence-electron chi connectivity index (χ4n) is 3.85. The fraction of sp³-hybridized carbons (Fsp3) is 0.0870. The molecule has 3 aromatic heterocycles. The van der Waals surface area contributed by atoms with Gasteiger partial charge in [0.15, 0.2) is 11.1 Å². The van der Waals surface area contributed by atoms with Crippen molar-refractivity contribution in [3.63, 3.8) is 0 Å². The molecule has 5 rings (SSSR count). The molecule has 0 bridgehead atoms. The van der Waals surface area contributed by atoms with E-state index in [1.807, 2.05) is 24.3 Å². The standard InChI is InChI=1S/C23H19N3O2S2/c1-13-8-17-9-16(6-7-20(17)26-13)19-11-29-22-18(10-25-23(24)21(19)22)15-4-2-14(3-5-15)12-30(27)28/h2-11,26H,12H2,1H3,(H2,24,25)(H,27,28). The van der Waals surface area contributed by atoms with Gasteiger partial charge in [0.25, 0.3) is 0 Å². The molecule has 0 radical (unpaired) electrons. The Balaban J connectivity index is 1.63. The molecule has 1 atom stereocenters. The van der Waals surface area contributed by atoms with Gasteiger partial charge in [0.1, 0.15) is 5.82 Å². The average Bonchev–Trinajstić information content (AvgIpc) is 3.31. The molecular formula is C23H19N3O2S2. The molecule has 30 heavy (non-hydrogen) atoms. The second kappa shape index (κ2) is 7.36. The third kappa shape index (κ3) is 3.31. The number of nitrogens with zero attached hydrogens (tertiary/aromatic N) is 1. The molecule has 0 saturated heterocycles. The summed E-state index contributed by atoms with van der Waals surface area (Å²) in [6.07, 6.45) is 1.80. The summed E-state index contributed by atoms with van der Waals surface area (Å²) in [5.41, 5.74) is 13.6. The zero-order valence-corrected chi connectivity index (χ0v) is 17.8. The lowest BCUT2D eigenvalue weighted by molar-refractivity contribution is 0.563. The molecule has 4 N–H and O–H groups in total. The highest BCUT2D eigenvalue weighted by Crippen LogP contribution is 2.42. The Kier molecular flexibility index (Phi) is 4.66. The number of nitrogens with two attached hydrogens (primary N) is 1. The molecule has 5 nitrogen and oxygen atoms in total. The summed E-state index contributed by atoms with van der Waals surface area (Å²) in [7, 11) is 0. The summed E-state index contributed by atoms with van der Waals surface area (Å²) >= 11 is -0.195. The van der Waals surface area contributed by atoms with Gasteiger partial charge in [-0.1, -0.05) is 30.3 Å². The molecule has 0 aliphatic heterocycles. The number of hydrogen-bond acceptors (Lipinski definition) is 4. The van der Waals surface area contributed by atoms with E-state index < -0.39 is 11.1 Å². The molecule has 7 heteroatoms. The third-order valence-electron chi connectivity index (χ3n) is 5.25. The lowest BCUT2D eigenvalue weighted by Gasteiger charge is -2.08. The van der Waals surface area contributed by atoms with Gasteiger partial charge in [-0.2, -0.15) is 0 Å². The minimum atomic E-state index is -1.85. The number of benzene rings is 2. The topological polar surface area (TPSA) is 92.0 Å². The normalized spacial score (nSPS) is 12.6. The number of thiophene rings is 1. The van der Waals surface area contributed by atoms with E-state index in [0.717, 1.165) is 49.1 Å². The summed E-state index contributed by atoms with van der Waals surface area (Å²) < 4.78 is 21.2. The van der Waals surface area contributed by atoms with Crippen molar-refractivity contribution in [2.75, 3.05) is 5.73 Å². The van der Waals surface area contributed by atoms with Crippen LogP contribution in [-0.4, -0.2) is 18.7 Å². The Bertz CT molecular complexity index is 1420. The summed E-state index contributed by atoms with van der Waals surface area (Å²) in [4.78, 5) is 7.83. The smallest absolute Gasteiger partial charge is 0.157 e. The van der Waals surface area contributed by atoms with E-state index in [0.29, 0.717) is 5.82 Å². The van der Waals surface area contributed by atoms with Crippen LogP contribution in [0.15, 0.2) is 60.1 Å². The average molecular weight is 434 g/mol. The summed E-state index contributed by atoms with van der Waals surface area (Å²) in [6.45, 7) is 2.05. The first-order valence-corrected chi connectivity index (χ1v) is 11.6. The molecule has 150 valence electrons. The van der Waals surface area contributed by atoms with Gasteiger partial charge in [0, 0.05) is 44.0 Å². The zero-order chi connectivity index (χ0) is 20.8. The van der Waals surface area contributed by atoms with Crippen LogP contribution in [0.2, 0.25) is 0 Å². The number of hydrogen-bond donors (Lipinski definition) is 3. The van der Waals surface area contributed by atoms with Crippen molar-refractivity contribution >= 4 is 49.2 Å². The number of rotatable bonds is 4. The van der Waals surface area contributed by atoms with E-state index in [2.05, 4.69) is 46.5 Å². The van der Waals surface area contributed by atoms with Gasteiger partial charge in [-0.25, -0.2) is 9.19 Å². The first-order chi connectivity index (χ1) is 14.5. The van der Waals surface area contributed by atoms with Crippen LogP contribution in [0.1, 0.15) is 11.3 Å². The van der Waals surface area contributed by atoms with Crippen LogP contribution in [0, 0.1) is 6.92 Å². The molecule has 0 fully saturated rings. The Morgan fingerprint density at radius 2 is 1.87 bits per heavy atom. The van der Waals surface area contributed by atoms with Crippen molar-refractivity contribution in [3.8, 4) is 22.3 Å². The number of aromatic amines is 1. The van der Waals surface area contributed by atoms with Crippen molar-refractivity contribution < 1.29 is 8.76 Å². The van der Waals surface area contributed by atoms with Crippen LogP contribution in [0.3, 0.4) is 0 Å². The number of aromatic nitrogens is 2. The Morgan fingerprint density at radius 3 is 2.63 bits per heavy atom. The number of aryl methyl sites for hydroxylation is 1. The first-order valence-electron chi connectivity index (χ1n) is 9.42. The maximum absolute atomic E-state index is 11.0. The fourth-order valence-corrected chi connectivity index (χ4v) is 5.45. The van der Waals surface area contributed by atoms with E-state index in [1.165, 1.54) is 5.39 Å². The van der Waals surface area contributed by atoms with Gasteiger partial charge in [-0.15, -0.1) is 11.3 Å². The molecule has 0 spiro atoms. The van der Waals surface area contributed by atoms with Gasteiger partial charge in [0.2, 0.25) is 0 Å². The van der Waals surface area contributed by atoms with Crippen molar-refractivity contribution in [1.29, 1.82) is 0 Å². The predicted molar refractivity (Wildman–Crippen MR) is 126 cm³/mol. The van der Waals surface area contributed by atoms with E-state index >= 15 is 0 Å². The number of H-pyrrole nitrogens is 1. The van der Waals surface area contributed by atoms with Crippen LogP contribution < -0.4 is 5.73 Å². The lowest BCUT2D eigenvalue weighted by atomic mass is 10.00.